The van der Waals surface area contributed by atoms with E-state index >= 15 is 0 Å². The van der Waals surface area contributed by atoms with E-state index in [9.17, 15) is 4.79 Å². The lowest BCUT2D eigenvalue weighted by Gasteiger charge is -2.34. The fourth-order valence-corrected chi connectivity index (χ4v) is 2.26. The Kier molecular flexibility index (Phi) is 4.95. The van der Waals surface area contributed by atoms with Crippen molar-refractivity contribution in [3.8, 4) is 0 Å². The zero-order chi connectivity index (χ0) is 14.5. The van der Waals surface area contributed by atoms with E-state index in [-0.39, 0.29) is 11.8 Å². The van der Waals surface area contributed by atoms with E-state index in [1.807, 2.05) is 32.2 Å². The van der Waals surface area contributed by atoms with Crippen molar-refractivity contribution >= 4 is 11.7 Å². The second-order valence-corrected chi connectivity index (χ2v) is 5.65. The largest absolute Gasteiger partial charge is 0.354 e. The van der Waals surface area contributed by atoms with Crippen LogP contribution in [0.15, 0.2) is 18.3 Å². The van der Waals surface area contributed by atoms with E-state index in [4.69, 9.17) is 0 Å². The maximum absolute atomic E-state index is 11.7. The number of aromatic nitrogens is 1. The highest BCUT2D eigenvalue weighted by atomic mass is 16.1. The molecule has 0 aliphatic carbocycles. The number of amides is 1. The molecule has 0 atom stereocenters. The Morgan fingerprint density at radius 3 is 2.70 bits per heavy atom. The van der Waals surface area contributed by atoms with Gasteiger partial charge in [-0.1, -0.05) is 19.9 Å². The van der Waals surface area contributed by atoms with E-state index in [0.717, 1.165) is 37.6 Å². The molecule has 20 heavy (non-hydrogen) atoms. The molecule has 1 aliphatic rings. The topological polar surface area (TPSA) is 48.5 Å². The number of hydrogen-bond acceptors (Lipinski definition) is 4. The van der Waals surface area contributed by atoms with Crippen LogP contribution in [0.5, 0.6) is 0 Å². The molecule has 1 fully saturated rings. The van der Waals surface area contributed by atoms with Crippen LogP contribution in [-0.4, -0.2) is 49.0 Å². The van der Waals surface area contributed by atoms with Gasteiger partial charge in [0, 0.05) is 50.4 Å². The third-order valence-corrected chi connectivity index (χ3v) is 3.65. The molecule has 1 aromatic heterocycles. The molecule has 0 saturated carbocycles. The van der Waals surface area contributed by atoms with Crippen LogP contribution in [0.2, 0.25) is 0 Å². The zero-order valence-corrected chi connectivity index (χ0v) is 12.6. The number of nitrogens with zero attached hydrogens (tertiary/aromatic N) is 3. The van der Waals surface area contributed by atoms with Gasteiger partial charge in [-0.3, -0.25) is 4.79 Å². The van der Waals surface area contributed by atoms with Gasteiger partial charge >= 0.3 is 0 Å². The maximum atomic E-state index is 11.7. The minimum absolute atomic E-state index is 0.0127. The van der Waals surface area contributed by atoms with Crippen LogP contribution in [0.1, 0.15) is 19.4 Å². The van der Waals surface area contributed by atoms with Gasteiger partial charge in [0.25, 0.3) is 0 Å². The Hall–Kier alpha value is -1.62. The number of rotatable bonds is 4. The van der Waals surface area contributed by atoms with Crippen LogP contribution in [0.4, 0.5) is 5.82 Å². The lowest BCUT2D eigenvalue weighted by molar-refractivity contribution is -0.124. The summed E-state index contributed by atoms with van der Waals surface area (Å²) in [6, 6.07) is 3.97. The third kappa shape index (κ3) is 3.70. The Bertz CT molecular complexity index is 453. The van der Waals surface area contributed by atoms with Gasteiger partial charge in [0.05, 0.1) is 0 Å². The van der Waals surface area contributed by atoms with Crippen molar-refractivity contribution < 1.29 is 4.79 Å². The molecule has 110 valence electrons. The summed E-state index contributed by atoms with van der Waals surface area (Å²) in [7, 11) is 2.14. The number of hydrogen-bond donors (Lipinski definition) is 1. The van der Waals surface area contributed by atoms with E-state index in [1.165, 1.54) is 0 Å². The quantitative estimate of drug-likeness (QED) is 0.895. The summed E-state index contributed by atoms with van der Waals surface area (Å²) < 4.78 is 0. The van der Waals surface area contributed by atoms with Crippen LogP contribution in [-0.2, 0) is 11.3 Å². The minimum Gasteiger partial charge on any atom is -0.354 e. The number of pyridine rings is 1. The van der Waals surface area contributed by atoms with E-state index < -0.39 is 0 Å². The summed E-state index contributed by atoms with van der Waals surface area (Å²) in [5.41, 5.74) is 1.09. The van der Waals surface area contributed by atoms with Crippen LogP contribution >= 0.6 is 0 Å². The summed E-state index contributed by atoms with van der Waals surface area (Å²) in [4.78, 5) is 20.8. The summed E-state index contributed by atoms with van der Waals surface area (Å²) >= 11 is 0. The van der Waals surface area contributed by atoms with E-state index in [0.29, 0.717) is 6.54 Å². The van der Waals surface area contributed by atoms with Crippen molar-refractivity contribution in [2.45, 2.75) is 20.4 Å². The molecule has 5 nitrogen and oxygen atoms in total. The van der Waals surface area contributed by atoms with Gasteiger partial charge in [-0.15, -0.1) is 0 Å². The molecule has 1 amide bonds. The number of nitrogens with one attached hydrogen (secondary N) is 1. The highest BCUT2D eigenvalue weighted by Gasteiger charge is 2.18. The predicted molar refractivity (Wildman–Crippen MR) is 80.6 cm³/mol. The first-order valence-corrected chi connectivity index (χ1v) is 7.23. The molecule has 0 radical (unpaired) electrons. The first kappa shape index (κ1) is 14.8. The predicted octanol–water partition coefficient (Wildman–Crippen LogP) is 1.11. The van der Waals surface area contributed by atoms with Crippen molar-refractivity contribution in [2.24, 2.45) is 5.92 Å². The molecule has 0 unspecified atom stereocenters. The minimum atomic E-state index is 0.0127. The van der Waals surface area contributed by atoms with Crippen molar-refractivity contribution in [2.75, 3.05) is 38.1 Å². The molecule has 1 saturated heterocycles. The molecule has 0 spiro atoms. The van der Waals surface area contributed by atoms with Gasteiger partial charge < -0.3 is 15.1 Å². The van der Waals surface area contributed by atoms with Gasteiger partial charge in [0.15, 0.2) is 0 Å². The number of carbonyl (C=O) groups is 1. The van der Waals surface area contributed by atoms with E-state index in [2.05, 4.69) is 27.1 Å². The normalized spacial score (nSPS) is 16.5. The summed E-state index contributed by atoms with van der Waals surface area (Å²) in [5, 5.41) is 2.97. The number of piperazine rings is 1. The highest BCUT2D eigenvalue weighted by molar-refractivity contribution is 5.77. The zero-order valence-electron chi connectivity index (χ0n) is 12.6. The molecule has 1 aliphatic heterocycles. The first-order valence-electron chi connectivity index (χ1n) is 7.23. The van der Waals surface area contributed by atoms with Gasteiger partial charge in [0.1, 0.15) is 5.82 Å². The fraction of sp³-hybridized carbons (Fsp3) is 0.600. The number of likely N-dealkylation sites (N-methyl/N-ethyl adjacent to an activating group) is 1. The van der Waals surface area contributed by atoms with Gasteiger partial charge in [-0.05, 0) is 13.1 Å². The van der Waals surface area contributed by atoms with Crippen molar-refractivity contribution in [3.05, 3.63) is 23.9 Å². The second-order valence-electron chi connectivity index (χ2n) is 5.65. The average Bonchev–Trinajstić information content (AvgIpc) is 2.46. The lowest BCUT2D eigenvalue weighted by atomic mass is 10.2. The SMILES string of the molecule is CC(C)C(=O)NCc1cccnc1N1CCN(C)CC1. The maximum Gasteiger partial charge on any atom is 0.222 e. The molecular formula is C15H24N4O. The number of carbonyl (C=O) groups excluding carboxylic acids is 1. The van der Waals surface area contributed by atoms with Crippen LogP contribution < -0.4 is 10.2 Å². The van der Waals surface area contributed by atoms with Crippen LogP contribution in [0, 0.1) is 5.92 Å². The summed E-state index contributed by atoms with van der Waals surface area (Å²) in [6.45, 7) is 8.42. The monoisotopic (exact) mass is 276 g/mol. The van der Waals surface area contributed by atoms with Gasteiger partial charge in [-0.2, -0.15) is 0 Å². The molecule has 1 aromatic rings. The van der Waals surface area contributed by atoms with Crippen LogP contribution in [0.3, 0.4) is 0 Å². The molecule has 2 heterocycles. The second kappa shape index (κ2) is 6.70. The Balaban J connectivity index is 2.04. The van der Waals surface area contributed by atoms with Gasteiger partial charge in [-0.25, -0.2) is 4.98 Å². The van der Waals surface area contributed by atoms with Gasteiger partial charge in [0.2, 0.25) is 5.91 Å². The molecule has 2 rings (SSSR count). The smallest absolute Gasteiger partial charge is 0.222 e. The molecular weight excluding hydrogens is 252 g/mol. The van der Waals surface area contributed by atoms with Crippen LogP contribution in [0.25, 0.3) is 0 Å². The summed E-state index contributed by atoms with van der Waals surface area (Å²) in [5.74, 6) is 1.10. The van der Waals surface area contributed by atoms with Crippen molar-refractivity contribution in [3.63, 3.8) is 0 Å². The Morgan fingerprint density at radius 1 is 1.35 bits per heavy atom. The van der Waals surface area contributed by atoms with Crippen molar-refractivity contribution in [1.82, 2.24) is 15.2 Å². The highest BCUT2D eigenvalue weighted by Crippen LogP contribution is 2.18. The molecule has 1 N–H and O–H groups in total. The number of anilines is 1. The molecule has 5 heteroatoms. The first-order chi connectivity index (χ1) is 9.58. The fourth-order valence-electron chi connectivity index (χ4n) is 2.26. The third-order valence-electron chi connectivity index (χ3n) is 3.65. The van der Waals surface area contributed by atoms with Crippen molar-refractivity contribution in [1.29, 1.82) is 0 Å². The van der Waals surface area contributed by atoms with E-state index in [1.54, 1.807) is 0 Å². The molecule has 0 aromatic carbocycles. The summed E-state index contributed by atoms with van der Waals surface area (Å²) in [6.07, 6.45) is 1.82. The standard InChI is InChI=1S/C15H24N4O/c1-12(2)15(20)17-11-13-5-4-6-16-14(13)19-9-7-18(3)8-10-19/h4-6,12H,7-11H2,1-3H3,(H,17,20). The lowest BCUT2D eigenvalue weighted by Crippen LogP contribution is -2.45. The average molecular weight is 276 g/mol. The Labute approximate surface area is 121 Å². The Morgan fingerprint density at radius 2 is 2.05 bits per heavy atom. The molecule has 0 bridgehead atoms.